The van der Waals surface area contributed by atoms with Crippen LogP contribution in [0.2, 0.25) is 0 Å². The number of rotatable bonds is 8. The van der Waals surface area contributed by atoms with E-state index in [9.17, 15) is 9.59 Å². The molecular weight excluding hydrogens is 539 g/mol. The van der Waals surface area contributed by atoms with Gasteiger partial charge >= 0.3 is 0 Å². The summed E-state index contributed by atoms with van der Waals surface area (Å²) in [6, 6.07) is 10.3. The van der Waals surface area contributed by atoms with Gasteiger partial charge in [-0.15, -0.1) is 11.8 Å². The molecule has 0 fully saturated rings. The SMILES string of the molecule is Nc1ccc2c(c1NC(I)SCCCCCBr)C(=O)c1ccccc1C2=O. The standard InChI is InChI=1S/C20H20BrIN2O2S/c21-10-4-1-5-11-27-20(22)24-17-15(23)9-8-14-16(17)19(26)13-7-3-2-6-12(13)18(14)25/h2-3,6-9,20,24H,1,4-5,10-11,23H2. The number of nitrogens with one attached hydrogen (secondary N) is 1. The lowest BCUT2D eigenvalue weighted by Gasteiger charge is -2.23. The van der Waals surface area contributed by atoms with Crippen molar-refractivity contribution in [1.29, 1.82) is 0 Å². The van der Waals surface area contributed by atoms with E-state index in [0.717, 1.165) is 17.5 Å². The van der Waals surface area contributed by atoms with E-state index in [0.29, 0.717) is 33.6 Å². The van der Waals surface area contributed by atoms with Crippen LogP contribution in [0.15, 0.2) is 36.4 Å². The van der Waals surface area contributed by atoms with Gasteiger partial charge in [-0.25, -0.2) is 0 Å². The van der Waals surface area contributed by atoms with Crippen molar-refractivity contribution in [2.24, 2.45) is 0 Å². The van der Waals surface area contributed by atoms with Crippen LogP contribution in [-0.2, 0) is 0 Å². The predicted octanol–water partition coefficient (Wildman–Crippen LogP) is 5.47. The highest BCUT2D eigenvalue weighted by Gasteiger charge is 2.32. The highest BCUT2D eigenvalue weighted by molar-refractivity contribution is 14.1. The predicted molar refractivity (Wildman–Crippen MR) is 126 cm³/mol. The van der Waals surface area contributed by atoms with Crippen LogP contribution in [0.1, 0.15) is 51.1 Å². The molecule has 0 aromatic heterocycles. The molecule has 1 atom stereocenters. The third-order valence-corrected chi connectivity index (χ3v) is 7.31. The smallest absolute Gasteiger partial charge is 0.196 e. The molecule has 3 rings (SSSR count). The van der Waals surface area contributed by atoms with Gasteiger partial charge in [0.05, 0.1) is 16.9 Å². The second-order valence-corrected chi connectivity index (χ2v) is 10.3. The van der Waals surface area contributed by atoms with Gasteiger partial charge in [0, 0.05) is 22.0 Å². The molecule has 1 aliphatic carbocycles. The first kappa shape index (κ1) is 20.7. The summed E-state index contributed by atoms with van der Waals surface area (Å²) in [5, 5.41) is 4.39. The topological polar surface area (TPSA) is 72.2 Å². The van der Waals surface area contributed by atoms with E-state index in [4.69, 9.17) is 5.73 Å². The Balaban J connectivity index is 1.83. The minimum absolute atomic E-state index is 0.0560. The Morgan fingerprint density at radius 1 is 1.00 bits per heavy atom. The van der Waals surface area contributed by atoms with Crippen LogP contribution in [0.4, 0.5) is 11.4 Å². The number of nitrogens with two attached hydrogens (primary N) is 1. The normalized spacial score (nSPS) is 13.9. The maximum Gasteiger partial charge on any atom is 0.196 e. The molecule has 2 aromatic carbocycles. The Morgan fingerprint density at radius 3 is 2.41 bits per heavy atom. The molecule has 0 saturated carbocycles. The summed E-state index contributed by atoms with van der Waals surface area (Å²) in [5.41, 5.74) is 8.92. The average molecular weight is 559 g/mol. The Labute approximate surface area is 185 Å². The molecule has 0 heterocycles. The number of benzene rings is 2. The minimum Gasteiger partial charge on any atom is -0.397 e. The molecule has 7 heteroatoms. The number of nitrogen functional groups attached to an aromatic ring is 1. The zero-order chi connectivity index (χ0) is 19.4. The largest absolute Gasteiger partial charge is 0.397 e. The van der Waals surface area contributed by atoms with Crippen molar-refractivity contribution < 1.29 is 9.59 Å². The molecule has 142 valence electrons. The van der Waals surface area contributed by atoms with E-state index in [1.54, 1.807) is 48.2 Å². The van der Waals surface area contributed by atoms with Crippen LogP contribution in [0.5, 0.6) is 0 Å². The summed E-state index contributed by atoms with van der Waals surface area (Å²) in [7, 11) is 0. The number of thioether (sulfide) groups is 1. The van der Waals surface area contributed by atoms with Gasteiger partial charge in [-0.05, 0) is 53.3 Å². The number of ketones is 2. The van der Waals surface area contributed by atoms with E-state index < -0.39 is 0 Å². The monoisotopic (exact) mass is 558 g/mol. The number of unbranched alkanes of at least 4 members (excludes halogenated alkanes) is 2. The van der Waals surface area contributed by atoms with E-state index in [1.807, 2.05) is 0 Å². The van der Waals surface area contributed by atoms with E-state index >= 15 is 0 Å². The molecule has 0 radical (unpaired) electrons. The third-order valence-electron chi connectivity index (χ3n) is 4.43. The number of fused-ring (bicyclic) bond motifs is 2. The average Bonchev–Trinajstić information content (AvgIpc) is 2.67. The molecule has 0 aliphatic heterocycles. The molecule has 1 aliphatic rings. The van der Waals surface area contributed by atoms with Gasteiger partial charge < -0.3 is 11.1 Å². The maximum absolute atomic E-state index is 13.1. The molecule has 0 saturated heterocycles. The van der Waals surface area contributed by atoms with Crippen molar-refractivity contribution in [1.82, 2.24) is 0 Å². The fourth-order valence-electron chi connectivity index (χ4n) is 3.07. The fourth-order valence-corrected chi connectivity index (χ4v) is 5.32. The lowest BCUT2D eigenvalue weighted by atomic mass is 9.83. The number of carbonyl (C=O) groups is 2. The third kappa shape index (κ3) is 4.51. The highest BCUT2D eigenvalue weighted by atomic mass is 127. The lowest BCUT2D eigenvalue weighted by Crippen LogP contribution is -2.24. The second kappa shape index (κ2) is 9.43. The summed E-state index contributed by atoms with van der Waals surface area (Å²) in [4.78, 5) is 25.9. The Morgan fingerprint density at radius 2 is 1.70 bits per heavy atom. The molecular formula is C20H20BrIN2O2S. The summed E-state index contributed by atoms with van der Waals surface area (Å²) in [5.74, 6) is 0.745. The molecule has 0 amide bonds. The molecule has 0 spiro atoms. The van der Waals surface area contributed by atoms with Crippen molar-refractivity contribution in [2.75, 3.05) is 22.1 Å². The van der Waals surface area contributed by atoms with Crippen molar-refractivity contribution in [3.63, 3.8) is 0 Å². The summed E-state index contributed by atoms with van der Waals surface area (Å²) >= 11 is 7.52. The van der Waals surface area contributed by atoms with Gasteiger partial charge in [0.1, 0.15) is 3.38 Å². The van der Waals surface area contributed by atoms with Gasteiger partial charge in [-0.2, -0.15) is 0 Å². The Bertz CT molecular complexity index is 875. The van der Waals surface area contributed by atoms with Crippen LogP contribution < -0.4 is 11.1 Å². The quantitative estimate of drug-likeness (QED) is 0.0957. The fraction of sp³-hybridized carbons (Fsp3) is 0.300. The van der Waals surface area contributed by atoms with Crippen LogP contribution in [-0.4, -0.2) is 26.0 Å². The molecule has 0 bridgehead atoms. The van der Waals surface area contributed by atoms with E-state index in [1.165, 1.54) is 12.8 Å². The first-order valence-electron chi connectivity index (χ1n) is 8.73. The maximum atomic E-state index is 13.1. The van der Waals surface area contributed by atoms with Gasteiger partial charge in [0.2, 0.25) is 0 Å². The van der Waals surface area contributed by atoms with Gasteiger partial charge in [0.15, 0.2) is 11.6 Å². The van der Waals surface area contributed by atoms with E-state index in [2.05, 4.69) is 43.8 Å². The van der Waals surface area contributed by atoms with Crippen LogP contribution in [0.25, 0.3) is 0 Å². The number of alkyl halides is 2. The molecule has 3 N–H and O–H groups in total. The van der Waals surface area contributed by atoms with Crippen LogP contribution in [0.3, 0.4) is 0 Å². The molecule has 27 heavy (non-hydrogen) atoms. The highest BCUT2D eigenvalue weighted by Crippen LogP contribution is 2.37. The van der Waals surface area contributed by atoms with Crippen molar-refractivity contribution in [3.8, 4) is 0 Å². The zero-order valence-electron chi connectivity index (χ0n) is 14.6. The molecule has 1 unspecified atom stereocenters. The molecule has 2 aromatic rings. The van der Waals surface area contributed by atoms with Gasteiger partial charge in [-0.1, -0.05) is 46.6 Å². The summed E-state index contributed by atoms with van der Waals surface area (Å²) in [6.45, 7) is 0. The minimum atomic E-state index is -0.152. The summed E-state index contributed by atoms with van der Waals surface area (Å²) < 4.78 is 0.0560. The van der Waals surface area contributed by atoms with Crippen molar-refractivity contribution >= 4 is 73.2 Å². The van der Waals surface area contributed by atoms with Crippen molar-refractivity contribution in [3.05, 3.63) is 58.7 Å². The van der Waals surface area contributed by atoms with Gasteiger partial charge in [0.25, 0.3) is 0 Å². The number of anilines is 2. The molecule has 4 nitrogen and oxygen atoms in total. The van der Waals surface area contributed by atoms with Gasteiger partial charge in [-0.3, -0.25) is 9.59 Å². The first-order valence-corrected chi connectivity index (χ1v) is 12.1. The first-order chi connectivity index (χ1) is 13.0. The van der Waals surface area contributed by atoms with Crippen molar-refractivity contribution in [2.45, 2.75) is 22.6 Å². The number of halogens is 2. The van der Waals surface area contributed by atoms with E-state index in [-0.39, 0.29) is 14.9 Å². The lowest BCUT2D eigenvalue weighted by molar-refractivity contribution is 0.0979. The number of carbonyl (C=O) groups excluding carboxylic acids is 2. The number of hydrogen-bond acceptors (Lipinski definition) is 5. The number of hydrogen-bond donors (Lipinski definition) is 2. The van der Waals surface area contributed by atoms with Crippen LogP contribution in [0, 0.1) is 0 Å². The zero-order valence-corrected chi connectivity index (χ0v) is 19.2. The summed E-state index contributed by atoms with van der Waals surface area (Å²) in [6.07, 6.45) is 3.51. The Kier molecular flexibility index (Phi) is 7.22. The van der Waals surface area contributed by atoms with Crippen LogP contribution >= 0.6 is 50.3 Å². The second-order valence-electron chi connectivity index (χ2n) is 6.24. The Hall–Kier alpha value is -1.06.